The van der Waals surface area contributed by atoms with E-state index in [1.165, 1.54) is 15.6 Å². The molecule has 0 bridgehead atoms. The van der Waals surface area contributed by atoms with Gasteiger partial charge < -0.3 is 0 Å². The third kappa shape index (κ3) is 3.49. The average molecular weight is 387 g/mol. The molecule has 0 fully saturated rings. The number of rotatable bonds is 5. The van der Waals surface area contributed by atoms with Crippen LogP contribution in [0, 0.1) is 0 Å². The van der Waals surface area contributed by atoms with Gasteiger partial charge in [-0.2, -0.15) is 4.31 Å². The smallest absolute Gasteiger partial charge is 0.252 e. The molecular weight excluding hydrogens is 368 g/mol. The van der Waals surface area contributed by atoms with Crippen LogP contribution in [-0.4, -0.2) is 33.4 Å². The fourth-order valence-electron chi connectivity index (χ4n) is 2.59. The molecule has 1 aliphatic rings. The SMILES string of the molecule is CCS(=O)(=O)Nc1ccc2c(c1)CN(S(=O)(=O)c1cccs1)CC2. The maximum Gasteiger partial charge on any atom is 0.252 e. The maximum absolute atomic E-state index is 12.6. The standard InChI is InChI=1S/C15H18N2O4S3/c1-2-23(18,19)16-14-6-5-12-7-8-17(11-13(12)10-14)24(20,21)15-4-3-9-22-15/h3-6,9-10,16H,2,7-8,11H2,1H3. The van der Waals surface area contributed by atoms with Crippen molar-refractivity contribution < 1.29 is 16.8 Å². The summed E-state index contributed by atoms with van der Waals surface area (Å²) >= 11 is 1.20. The van der Waals surface area contributed by atoms with E-state index in [9.17, 15) is 16.8 Å². The quantitative estimate of drug-likeness (QED) is 0.854. The van der Waals surface area contributed by atoms with Crippen molar-refractivity contribution in [2.24, 2.45) is 0 Å². The zero-order valence-electron chi connectivity index (χ0n) is 13.1. The lowest BCUT2D eigenvalue weighted by Crippen LogP contribution is -2.35. The number of hydrogen-bond acceptors (Lipinski definition) is 5. The Balaban J connectivity index is 1.87. The topological polar surface area (TPSA) is 83.6 Å². The van der Waals surface area contributed by atoms with Gasteiger partial charge >= 0.3 is 0 Å². The highest BCUT2D eigenvalue weighted by Crippen LogP contribution is 2.28. The molecular formula is C15H18N2O4S3. The first-order valence-electron chi connectivity index (χ1n) is 7.48. The molecule has 0 saturated heterocycles. The van der Waals surface area contributed by atoms with Gasteiger partial charge in [0.15, 0.2) is 0 Å². The Morgan fingerprint density at radius 3 is 2.62 bits per heavy atom. The molecule has 130 valence electrons. The van der Waals surface area contributed by atoms with E-state index in [1.54, 1.807) is 36.6 Å². The molecule has 0 atom stereocenters. The largest absolute Gasteiger partial charge is 0.284 e. The van der Waals surface area contributed by atoms with E-state index in [2.05, 4.69) is 4.72 Å². The Hall–Kier alpha value is -1.42. The summed E-state index contributed by atoms with van der Waals surface area (Å²) < 4.78 is 53.0. The molecule has 3 rings (SSSR count). The Morgan fingerprint density at radius 1 is 1.17 bits per heavy atom. The summed E-state index contributed by atoms with van der Waals surface area (Å²) in [6, 6.07) is 8.61. The van der Waals surface area contributed by atoms with E-state index in [4.69, 9.17) is 0 Å². The van der Waals surface area contributed by atoms with Crippen molar-refractivity contribution >= 4 is 37.1 Å². The number of nitrogens with zero attached hydrogens (tertiary/aromatic N) is 1. The van der Waals surface area contributed by atoms with Crippen molar-refractivity contribution in [1.82, 2.24) is 4.31 Å². The molecule has 2 aromatic rings. The van der Waals surface area contributed by atoms with E-state index in [1.807, 2.05) is 6.07 Å². The summed E-state index contributed by atoms with van der Waals surface area (Å²) in [6.45, 7) is 2.24. The van der Waals surface area contributed by atoms with Gasteiger partial charge in [0.2, 0.25) is 10.0 Å². The Morgan fingerprint density at radius 2 is 1.96 bits per heavy atom. The van der Waals surface area contributed by atoms with Crippen LogP contribution < -0.4 is 4.72 Å². The normalized spacial score (nSPS) is 15.9. The number of thiophene rings is 1. The van der Waals surface area contributed by atoms with Gasteiger partial charge in [-0.15, -0.1) is 11.3 Å². The van der Waals surface area contributed by atoms with Gasteiger partial charge in [0.25, 0.3) is 10.0 Å². The highest BCUT2D eigenvalue weighted by molar-refractivity contribution is 7.92. The van der Waals surface area contributed by atoms with Gasteiger partial charge in [-0.05, 0) is 48.1 Å². The Kier molecular flexibility index (Phi) is 4.69. The summed E-state index contributed by atoms with van der Waals surface area (Å²) in [4.78, 5) is 0. The molecule has 2 heterocycles. The van der Waals surface area contributed by atoms with Crippen LogP contribution in [0.4, 0.5) is 5.69 Å². The van der Waals surface area contributed by atoms with Gasteiger partial charge in [0, 0.05) is 18.8 Å². The summed E-state index contributed by atoms with van der Waals surface area (Å²) in [5, 5.41) is 1.74. The second kappa shape index (κ2) is 6.47. The molecule has 1 aromatic carbocycles. The second-order valence-corrected chi connectivity index (χ2v) is 10.6. The lowest BCUT2D eigenvalue weighted by molar-refractivity contribution is 0.392. The third-order valence-corrected chi connectivity index (χ3v) is 8.45. The van der Waals surface area contributed by atoms with Crippen LogP contribution >= 0.6 is 11.3 Å². The molecule has 9 heteroatoms. The van der Waals surface area contributed by atoms with Crippen molar-refractivity contribution in [3.63, 3.8) is 0 Å². The number of anilines is 1. The molecule has 0 saturated carbocycles. The molecule has 0 radical (unpaired) electrons. The number of hydrogen-bond donors (Lipinski definition) is 1. The van der Waals surface area contributed by atoms with Crippen molar-refractivity contribution in [1.29, 1.82) is 0 Å². The van der Waals surface area contributed by atoms with Gasteiger partial charge in [-0.1, -0.05) is 12.1 Å². The zero-order valence-corrected chi connectivity index (χ0v) is 15.5. The number of nitrogens with one attached hydrogen (secondary N) is 1. The molecule has 1 aromatic heterocycles. The van der Waals surface area contributed by atoms with Crippen molar-refractivity contribution in [3.05, 3.63) is 46.8 Å². The minimum absolute atomic E-state index is 0.0109. The van der Waals surface area contributed by atoms with Gasteiger partial charge in [-0.3, -0.25) is 4.72 Å². The van der Waals surface area contributed by atoms with E-state index in [0.717, 1.165) is 11.1 Å². The summed E-state index contributed by atoms with van der Waals surface area (Å²) in [6.07, 6.45) is 0.612. The van der Waals surface area contributed by atoms with Crippen LogP contribution in [0.25, 0.3) is 0 Å². The van der Waals surface area contributed by atoms with Crippen LogP contribution in [0.15, 0.2) is 39.9 Å². The molecule has 0 aliphatic carbocycles. The van der Waals surface area contributed by atoms with Crippen LogP contribution in [-0.2, 0) is 33.0 Å². The number of benzene rings is 1. The molecule has 1 aliphatic heterocycles. The van der Waals surface area contributed by atoms with Crippen molar-refractivity contribution in [3.8, 4) is 0 Å². The van der Waals surface area contributed by atoms with E-state index in [0.29, 0.717) is 22.9 Å². The lowest BCUT2D eigenvalue weighted by atomic mass is 10.0. The first kappa shape index (κ1) is 17.4. The molecule has 0 amide bonds. The summed E-state index contributed by atoms with van der Waals surface area (Å²) in [5.41, 5.74) is 2.34. The molecule has 0 unspecified atom stereocenters. The molecule has 6 nitrogen and oxygen atoms in total. The minimum Gasteiger partial charge on any atom is -0.284 e. The molecule has 0 spiro atoms. The van der Waals surface area contributed by atoms with E-state index >= 15 is 0 Å². The highest BCUT2D eigenvalue weighted by atomic mass is 32.2. The monoisotopic (exact) mass is 386 g/mol. The van der Waals surface area contributed by atoms with E-state index < -0.39 is 20.0 Å². The molecule has 24 heavy (non-hydrogen) atoms. The fraction of sp³-hybridized carbons (Fsp3) is 0.333. The van der Waals surface area contributed by atoms with Crippen LogP contribution in [0.1, 0.15) is 18.1 Å². The minimum atomic E-state index is -3.50. The highest BCUT2D eigenvalue weighted by Gasteiger charge is 2.29. The predicted molar refractivity (Wildman–Crippen MR) is 95.1 cm³/mol. The predicted octanol–water partition coefficient (Wildman–Crippen LogP) is 2.26. The fourth-order valence-corrected chi connectivity index (χ4v) is 5.78. The third-order valence-electron chi connectivity index (χ3n) is 3.93. The second-order valence-electron chi connectivity index (χ2n) is 5.51. The molecule has 1 N–H and O–H groups in total. The average Bonchev–Trinajstić information content (AvgIpc) is 3.09. The summed E-state index contributed by atoms with van der Waals surface area (Å²) in [7, 11) is -6.86. The first-order valence-corrected chi connectivity index (χ1v) is 11.4. The Labute approximate surface area is 146 Å². The zero-order chi connectivity index (χ0) is 17.4. The van der Waals surface area contributed by atoms with Crippen molar-refractivity contribution in [2.75, 3.05) is 17.0 Å². The van der Waals surface area contributed by atoms with Crippen molar-refractivity contribution in [2.45, 2.75) is 24.1 Å². The van der Waals surface area contributed by atoms with Gasteiger partial charge in [-0.25, -0.2) is 16.8 Å². The van der Waals surface area contributed by atoms with Crippen LogP contribution in [0.2, 0.25) is 0 Å². The lowest BCUT2D eigenvalue weighted by Gasteiger charge is -2.28. The summed E-state index contributed by atoms with van der Waals surface area (Å²) in [5.74, 6) is -0.0109. The number of fused-ring (bicyclic) bond motifs is 1. The van der Waals surface area contributed by atoms with Crippen LogP contribution in [0.5, 0.6) is 0 Å². The number of sulfonamides is 2. The van der Waals surface area contributed by atoms with E-state index in [-0.39, 0.29) is 12.3 Å². The first-order chi connectivity index (χ1) is 11.3. The van der Waals surface area contributed by atoms with Gasteiger partial charge in [0.1, 0.15) is 4.21 Å². The van der Waals surface area contributed by atoms with Crippen LogP contribution in [0.3, 0.4) is 0 Å². The van der Waals surface area contributed by atoms with Gasteiger partial charge in [0.05, 0.1) is 5.75 Å². The maximum atomic E-state index is 12.6. The Bertz CT molecular complexity index is 935.